The second-order valence-electron chi connectivity index (χ2n) is 8.47. The van der Waals surface area contributed by atoms with Crippen LogP contribution in [0.3, 0.4) is 0 Å². The van der Waals surface area contributed by atoms with Crippen molar-refractivity contribution >= 4 is 44.1 Å². The summed E-state index contributed by atoms with van der Waals surface area (Å²) in [5.41, 5.74) is 1.37. The fraction of sp³-hybridized carbons (Fsp3) is 0.269. The summed E-state index contributed by atoms with van der Waals surface area (Å²) in [4.78, 5) is 32.3. The Morgan fingerprint density at radius 1 is 1.18 bits per heavy atom. The molecule has 0 radical (unpaired) electrons. The van der Waals surface area contributed by atoms with Crippen LogP contribution in [0.2, 0.25) is 0 Å². The lowest BCUT2D eigenvalue weighted by Gasteiger charge is -2.15. The van der Waals surface area contributed by atoms with Gasteiger partial charge in [-0.3, -0.25) is 14.6 Å². The minimum Gasteiger partial charge on any atom is -0.456 e. The van der Waals surface area contributed by atoms with E-state index < -0.39 is 0 Å². The topological polar surface area (TPSA) is 83.6 Å². The Morgan fingerprint density at radius 3 is 2.88 bits per heavy atom. The Kier molecular flexibility index (Phi) is 6.17. The van der Waals surface area contributed by atoms with Gasteiger partial charge < -0.3 is 20.3 Å². The summed E-state index contributed by atoms with van der Waals surface area (Å²) in [6.07, 6.45) is 2.72. The van der Waals surface area contributed by atoms with Crippen LogP contribution in [0.15, 0.2) is 54.7 Å². The van der Waals surface area contributed by atoms with Crippen molar-refractivity contribution in [2.24, 2.45) is 5.92 Å². The van der Waals surface area contributed by atoms with Gasteiger partial charge in [0.1, 0.15) is 11.5 Å². The highest BCUT2D eigenvalue weighted by Crippen LogP contribution is 2.36. The molecular formula is C26H26N4O3S. The van der Waals surface area contributed by atoms with Gasteiger partial charge in [0.2, 0.25) is 0 Å². The zero-order valence-corrected chi connectivity index (χ0v) is 19.9. The van der Waals surface area contributed by atoms with Gasteiger partial charge in [-0.15, -0.1) is 11.3 Å². The van der Waals surface area contributed by atoms with Crippen molar-refractivity contribution in [2.45, 2.75) is 6.42 Å². The molecule has 8 heteroatoms. The maximum atomic E-state index is 13.1. The third kappa shape index (κ3) is 4.22. The molecule has 2 aromatic heterocycles. The van der Waals surface area contributed by atoms with Gasteiger partial charge in [0.25, 0.3) is 11.8 Å². The van der Waals surface area contributed by atoms with E-state index in [0.29, 0.717) is 27.9 Å². The number of fused-ring (bicyclic) bond motifs is 2. The molecule has 1 aliphatic heterocycles. The molecule has 1 fully saturated rings. The van der Waals surface area contributed by atoms with Gasteiger partial charge in [-0.05, 0) is 67.0 Å². The lowest BCUT2D eigenvalue weighted by Crippen LogP contribution is -2.29. The molecule has 7 nitrogen and oxygen atoms in total. The molecule has 1 atom stereocenters. The zero-order chi connectivity index (χ0) is 23.7. The molecule has 2 aromatic carbocycles. The van der Waals surface area contributed by atoms with Gasteiger partial charge in [-0.2, -0.15) is 0 Å². The molecule has 34 heavy (non-hydrogen) atoms. The minimum absolute atomic E-state index is 0.0555. The standard InChI is InChI=1S/C26H26N4O3S/c1-27-14-16-9-11-30(15-16)26(32)23-13-21-24(34-23)22(8-10-29-21)33-18-6-7-19-17(12-18)4-3-5-20(19)25(31)28-2/h3-8,10,12-13,16,27H,9,11,14-15H2,1-2H3,(H,28,31). The van der Waals surface area contributed by atoms with Crippen molar-refractivity contribution in [1.29, 1.82) is 0 Å². The minimum atomic E-state index is -0.124. The fourth-order valence-electron chi connectivity index (χ4n) is 4.51. The summed E-state index contributed by atoms with van der Waals surface area (Å²) >= 11 is 1.42. The van der Waals surface area contributed by atoms with E-state index in [-0.39, 0.29) is 11.8 Å². The molecule has 3 heterocycles. The van der Waals surface area contributed by atoms with E-state index in [0.717, 1.165) is 47.0 Å². The van der Waals surface area contributed by atoms with Crippen LogP contribution >= 0.6 is 11.3 Å². The van der Waals surface area contributed by atoms with Gasteiger partial charge in [0.05, 0.1) is 15.1 Å². The van der Waals surface area contributed by atoms with E-state index in [4.69, 9.17) is 4.74 Å². The predicted molar refractivity (Wildman–Crippen MR) is 135 cm³/mol. The predicted octanol–water partition coefficient (Wildman–Crippen LogP) is 4.28. The summed E-state index contributed by atoms with van der Waals surface area (Å²) in [6, 6.07) is 15.0. The highest BCUT2D eigenvalue weighted by molar-refractivity contribution is 7.21. The molecule has 1 saturated heterocycles. The Morgan fingerprint density at radius 2 is 2.06 bits per heavy atom. The third-order valence-corrected chi connectivity index (χ3v) is 7.33. The maximum Gasteiger partial charge on any atom is 0.264 e. The Bertz CT molecular complexity index is 1380. The molecule has 0 bridgehead atoms. The van der Waals surface area contributed by atoms with Crippen molar-refractivity contribution in [3.63, 3.8) is 0 Å². The van der Waals surface area contributed by atoms with Crippen LogP contribution < -0.4 is 15.4 Å². The van der Waals surface area contributed by atoms with E-state index in [9.17, 15) is 9.59 Å². The molecular weight excluding hydrogens is 448 g/mol. The third-order valence-electron chi connectivity index (χ3n) is 6.20. The lowest BCUT2D eigenvalue weighted by molar-refractivity contribution is 0.0791. The second-order valence-corrected chi connectivity index (χ2v) is 9.52. The average Bonchev–Trinajstić information content (AvgIpc) is 3.51. The van der Waals surface area contributed by atoms with Crippen LogP contribution in [0.4, 0.5) is 0 Å². The number of carbonyl (C=O) groups excluding carboxylic acids is 2. The first-order chi connectivity index (χ1) is 16.6. The first-order valence-electron chi connectivity index (χ1n) is 11.3. The quantitative estimate of drug-likeness (QED) is 0.436. The number of likely N-dealkylation sites (tertiary alicyclic amines) is 1. The van der Waals surface area contributed by atoms with Crippen LogP contribution in [0, 0.1) is 5.92 Å². The summed E-state index contributed by atoms with van der Waals surface area (Å²) < 4.78 is 7.07. The summed E-state index contributed by atoms with van der Waals surface area (Å²) in [5, 5.41) is 7.65. The van der Waals surface area contributed by atoms with Crippen LogP contribution in [0.1, 0.15) is 26.5 Å². The number of benzene rings is 2. The van der Waals surface area contributed by atoms with Crippen LogP contribution in [-0.4, -0.2) is 55.4 Å². The number of hydrogen-bond donors (Lipinski definition) is 2. The number of carbonyl (C=O) groups is 2. The van der Waals surface area contributed by atoms with Crippen molar-refractivity contribution in [3.8, 4) is 11.5 Å². The number of thiophene rings is 1. The molecule has 0 saturated carbocycles. The first-order valence-corrected chi connectivity index (χ1v) is 12.1. The van der Waals surface area contributed by atoms with Crippen molar-refractivity contribution in [3.05, 3.63) is 65.2 Å². The molecule has 2 N–H and O–H groups in total. The van der Waals surface area contributed by atoms with E-state index in [2.05, 4.69) is 15.6 Å². The van der Waals surface area contributed by atoms with Crippen LogP contribution in [0.25, 0.3) is 21.0 Å². The number of aromatic nitrogens is 1. The smallest absolute Gasteiger partial charge is 0.264 e. The lowest BCUT2D eigenvalue weighted by atomic mass is 10.0. The van der Waals surface area contributed by atoms with Crippen molar-refractivity contribution < 1.29 is 14.3 Å². The Balaban J connectivity index is 1.41. The average molecular weight is 475 g/mol. The molecule has 0 aliphatic carbocycles. The van der Waals surface area contributed by atoms with Gasteiger partial charge in [-0.1, -0.05) is 12.1 Å². The fourth-order valence-corrected chi connectivity index (χ4v) is 5.55. The van der Waals surface area contributed by atoms with Gasteiger partial charge >= 0.3 is 0 Å². The number of rotatable bonds is 6. The highest BCUT2D eigenvalue weighted by Gasteiger charge is 2.28. The molecule has 1 aliphatic rings. The second kappa shape index (κ2) is 9.40. The zero-order valence-electron chi connectivity index (χ0n) is 19.1. The SMILES string of the molecule is CNCC1CCN(C(=O)c2cc3nccc(Oc4ccc5c(C(=O)NC)cccc5c4)c3s2)C1. The molecule has 5 rings (SSSR count). The molecule has 174 valence electrons. The van der Waals surface area contributed by atoms with Crippen molar-refractivity contribution in [2.75, 3.05) is 33.7 Å². The van der Waals surface area contributed by atoms with Gasteiger partial charge in [0, 0.05) is 38.0 Å². The first kappa shape index (κ1) is 22.3. The monoisotopic (exact) mass is 474 g/mol. The number of amides is 2. The van der Waals surface area contributed by atoms with Crippen LogP contribution in [0.5, 0.6) is 11.5 Å². The van der Waals surface area contributed by atoms with Crippen molar-refractivity contribution in [1.82, 2.24) is 20.5 Å². The van der Waals surface area contributed by atoms with E-state index in [1.165, 1.54) is 11.3 Å². The molecule has 4 aromatic rings. The summed E-state index contributed by atoms with van der Waals surface area (Å²) in [5.74, 6) is 1.74. The number of ether oxygens (including phenoxy) is 1. The molecule has 2 amide bonds. The summed E-state index contributed by atoms with van der Waals surface area (Å²) in [7, 11) is 3.57. The Labute approximate surface area is 201 Å². The number of nitrogens with one attached hydrogen (secondary N) is 2. The summed E-state index contributed by atoms with van der Waals surface area (Å²) in [6.45, 7) is 2.48. The van der Waals surface area contributed by atoms with Gasteiger partial charge in [0.15, 0.2) is 0 Å². The van der Waals surface area contributed by atoms with E-state index in [1.807, 2.05) is 54.4 Å². The number of hydrogen-bond acceptors (Lipinski definition) is 6. The Hall–Kier alpha value is -3.49. The maximum absolute atomic E-state index is 13.1. The number of pyridine rings is 1. The van der Waals surface area contributed by atoms with Gasteiger partial charge in [-0.25, -0.2) is 0 Å². The molecule has 1 unspecified atom stereocenters. The van der Waals surface area contributed by atoms with Crippen LogP contribution in [-0.2, 0) is 0 Å². The highest BCUT2D eigenvalue weighted by atomic mass is 32.1. The number of nitrogens with zero attached hydrogens (tertiary/aromatic N) is 2. The van der Waals surface area contributed by atoms with E-state index >= 15 is 0 Å². The largest absolute Gasteiger partial charge is 0.456 e. The van der Waals surface area contributed by atoms with E-state index in [1.54, 1.807) is 19.3 Å². The molecule has 0 spiro atoms. The normalized spacial score (nSPS) is 15.7.